The number of rotatable bonds is 11. The normalized spacial score (nSPS) is 10.5. The molecule has 0 unspecified atom stereocenters. The Morgan fingerprint density at radius 3 is 2.31 bits per heavy atom. The maximum Gasteiger partial charge on any atom is 0.255 e. The number of anilines is 1. The van der Waals surface area contributed by atoms with Crippen LogP contribution in [-0.4, -0.2) is 19.6 Å². The molecule has 32 heavy (non-hydrogen) atoms. The van der Waals surface area contributed by atoms with E-state index in [1.54, 1.807) is 13.2 Å². The smallest absolute Gasteiger partial charge is 0.255 e. The van der Waals surface area contributed by atoms with Crippen LogP contribution >= 0.6 is 0 Å². The highest BCUT2D eigenvalue weighted by molar-refractivity contribution is 6.04. The van der Waals surface area contributed by atoms with Gasteiger partial charge in [0.2, 0.25) is 0 Å². The van der Waals surface area contributed by atoms with Crippen LogP contribution in [0.25, 0.3) is 0 Å². The maximum atomic E-state index is 12.9. The molecule has 1 amide bonds. The first-order chi connectivity index (χ1) is 15.6. The van der Waals surface area contributed by atoms with Gasteiger partial charge in [0.05, 0.1) is 13.7 Å². The van der Waals surface area contributed by atoms with Crippen LogP contribution in [0.4, 0.5) is 5.69 Å². The number of carbonyl (C=O) groups is 1. The van der Waals surface area contributed by atoms with Crippen LogP contribution in [-0.2, 0) is 13.0 Å². The SMILES string of the molecule is CCCCc1ccc(NC(=O)c2ccc(OCC)c(COc3ccccc3OC)c2)cc1. The van der Waals surface area contributed by atoms with Gasteiger partial charge >= 0.3 is 0 Å². The molecule has 0 fully saturated rings. The molecule has 3 rings (SSSR count). The summed E-state index contributed by atoms with van der Waals surface area (Å²) in [4.78, 5) is 12.9. The molecule has 0 saturated heterocycles. The van der Waals surface area contributed by atoms with Crippen molar-refractivity contribution in [3.8, 4) is 17.2 Å². The van der Waals surface area contributed by atoms with E-state index < -0.39 is 0 Å². The van der Waals surface area contributed by atoms with Gasteiger partial charge in [0.25, 0.3) is 5.91 Å². The van der Waals surface area contributed by atoms with E-state index in [2.05, 4.69) is 24.4 Å². The largest absolute Gasteiger partial charge is 0.493 e. The van der Waals surface area contributed by atoms with Gasteiger partial charge in [-0.1, -0.05) is 37.6 Å². The Morgan fingerprint density at radius 2 is 1.62 bits per heavy atom. The molecular formula is C27H31NO4. The predicted molar refractivity (Wildman–Crippen MR) is 128 cm³/mol. The van der Waals surface area contributed by atoms with Crippen molar-refractivity contribution >= 4 is 11.6 Å². The van der Waals surface area contributed by atoms with Crippen molar-refractivity contribution in [2.45, 2.75) is 39.7 Å². The molecule has 0 aromatic heterocycles. The van der Waals surface area contributed by atoms with Crippen molar-refractivity contribution < 1.29 is 19.0 Å². The third kappa shape index (κ3) is 6.27. The fourth-order valence-corrected chi connectivity index (χ4v) is 3.36. The summed E-state index contributed by atoms with van der Waals surface area (Å²) in [6, 6.07) is 20.9. The lowest BCUT2D eigenvalue weighted by molar-refractivity contribution is 0.102. The molecule has 0 aliphatic rings. The molecule has 0 bridgehead atoms. The molecule has 0 aliphatic heterocycles. The zero-order valence-corrected chi connectivity index (χ0v) is 19.0. The Hall–Kier alpha value is -3.47. The van der Waals surface area contributed by atoms with Crippen molar-refractivity contribution in [1.82, 2.24) is 0 Å². The number of nitrogens with one attached hydrogen (secondary N) is 1. The van der Waals surface area contributed by atoms with E-state index >= 15 is 0 Å². The second-order valence-corrected chi connectivity index (χ2v) is 7.45. The lowest BCUT2D eigenvalue weighted by Crippen LogP contribution is -2.13. The molecule has 0 aliphatic carbocycles. The first kappa shape index (κ1) is 23.2. The summed E-state index contributed by atoms with van der Waals surface area (Å²) in [7, 11) is 1.61. The van der Waals surface area contributed by atoms with Crippen LogP contribution in [0.3, 0.4) is 0 Å². The second kappa shape index (κ2) is 11.8. The number of methoxy groups -OCH3 is 1. The average Bonchev–Trinajstić information content (AvgIpc) is 2.83. The molecule has 0 heterocycles. The molecule has 168 valence electrons. The summed E-state index contributed by atoms with van der Waals surface area (Å²) in [6.07, 6.45) is 3.39. The van der Waals surface area contributed by atoms with Gasteiger partial charge in [0.1, 0.15) is 12.4 Å². The van der Waals surface area contributed by atoms with Crippen LogP contribution in [0.1, 0.15) is 48.2 Å². The zero-order valence-electron chi connectivity index (χ0n) is 19.0. The molecule has 5 nitrogen and oxygen atoms in total. The lowest BCUT2D eigenvalue weighted by atomic mass is 10.1. The summed E-state index contributed by atoms with van der Waals surface area (Å²) < 4.78 is 17.0. The highest BCUT2D eigenvalue weighted by atomic mass is 16.5. The van der Waals surface area contributed by atoms with Crippen LogP contribution in [0.5, 0.6) is 17.2 Å². The van der Waals surface area contributed by atoms with Crippen molar-refractivity contribution in [3.63, 3.8) is 0 Å². The number of benzene rings is 3. The van der Waals surface area contributed by atoms with Crippen LogP contribution in [0.15, 0.2) is 66.7 Å². The second-order valence-electron chi connectivity index (χ2n) is 7.45. The van der Waals surface area contributed by atoms with Gasteiger partial charge in [-0.15, -0.1) is 0 Å². The number of hydrogen-bond donors (Lipinski definition) is 1. The van der Waals surface area contributed by atoms with Gasteiger partial charge in [0, 0.05) is 16.8 Å². The topological polar surface area (TPSA) is 56.8 Å². The number of para-hydroxylation sites is 2. The van der Waals surface area contributed by atoms with Gasteiger partial charge in [-0.2, -0.15) is 0 Å². The van der Waals surface area contributed by atoms with E-state index in [9.17, 15) is 4.79 Å². The molecule has 5 heteroatoms. The van der Waals surface area contributed by atoms with Crippen molar-refractivity contribution in [2.24, 2.45) is 0 Å². The quantitative estimate of drug-likeness (QED) is 0.387. The molecule has 0 atom stereocenters. The summed E-state index contributed by atoms with van der Waals surface area (Å²) in [5.41, 5.74) is 3.39. The zero-order chi connectivity index (χ0) is 22.8. The number of ether oxygens (including phenoxy) is 3. The number of unbranched alkanes of at least 4 members (excludes halogenated alkanes) is 1. The van der Waals surface area contributed by atoms with E-state index in [0.717, 1.165) is 24.1 Å². The third-order valence-electron chi connectivity index (χ3n) is 5.11. The van der Waals surface area contributed by atoms with Crippen LogP contribution in [0, 0.1) is 0 Å². The predicted octanol–water partition coefficient (Wildman–Crippen LogP) is 6.27. The Morgan fingerprint density at radius 1 is 0.875 bits per heavy atom. The van der Waals surface area contributed by atoms with E-state index in [1.807, 2.05) is 55.5 Å². The minimum absolute atomic E-state index is 0.173. The minimum Gasteiger partial charge on any atom is -0.493 e. The van der Waals surface area contributed by atoms with Gasteiger partial charge < -0.3 is 19.5 Å². The molecule has 3 aromatic carbocycles. The van der Waals surface area contributed by atoms with E-state index in [0.29, 0.717) is 29.4 Å². The third-order valence-corrected chi connectivity index (χ3v) is 5.11. The Labute approximate surface area is 190 Å². The van der Waals surface area contributed by atoms with Crippen molar-refractivity contribution in [2.75, 3.05) is 19.0 Å². The average molecular weight is 434 g/mol. The summed E-state index contributed by atoms with van der Waals surface area (Å²) in [6.45, 7) is 4.89. The standard InChI is InChI=1S/C27H31NO4/c1-4-6-9-20-12-15-23(16-13-20)28-27(29)21-14-17-24(31-5-2)22(18-21)19-32-26-11-8-7-10-25(26)30-3/h7-8,10-18H,4-6,9,19H2,1-3H3,(H,28,29). The molecule has 3 aromatic rings. The monoisotopic (exact) mass is 433 g/mol. The molecule has 0 spiro atoms. The fourth-order valence-electron chi connectivity index (χ4n) is 3.36. The highest BCUT2D eigenvalue weighted by Gasteiger charge is 2.13. The summed E-state index contributed by atoms with van der Waals surface area (Å²) >= 11 is 0. The molecular weight excluding hydrogens is 402 g/mol. The van der Waals surface area contributed by atoms with Crippen molar-refractivity contribution in [3.05, 3.63) is 83.4 Å². The lowest BCUT2D eigenvalue weighted by Gasteiger charge is -2.15. The van der Waals surface area contributed by atoms with Gasteiger partial charge in [-0.25, -0.2) is 0 Å². The first-order valence-electron chi connectivity index (χ1n) is 11.1. The summed E-state index contributed by atoms with van der Waals surface area (Å²) in [5, 5.41) is 2.97. The van der Waals surface area contributed by atoms with Crippen LogP contribution < -0.4 is 19.5 Å². The summed E-state index contributed by atoms with van der Waals surface area (Å²) in [5.74, 6) is 1.81. The van der Waals surface area contributed by atoms with Gasteiger partial charge in [-0.05, 0) is 67.8 Å². The highest BCUT2D eigenvalue weighted by Crippen LogP contribution is 2.29. The van der Waals surface area contributed by atoms with Gasteiger partial charge in [0.15, 0.2) is 11.5 Å². The molecule has 0 radical (unpaired) electrons. The first-order valence-corrected chi connectivity index (χ1v) is 11.1. The molecule has 1 N–H and O–H groups in total. The maximum absolute atomic E-state index is 12.9. The Bertz CT molecular complexity index is 1010. The Kier molecular flexibility index (Phi) is 8.55. The Balaban J connectivity index is 1.73. The molecule has 0 saturated carbocycles. The van der Waals surface area contributed by atoms with E-state index in [4.69, 9.17) is 14.2 Å². The van der Waals surface area contributed by atoms with Crippen LogP contribution in [0.2, 0.25) is 0 Å². The number of aryl methyl sites for hydroxylation is 1. The number of carbonyl (C=O) groups excluding carboxylic acids is 1. The van der Waals surface area contributed by atoms with E-state index in [-0.39, 0.29) is 12.5 Å². The fraction of sp³-hybridized carbons (Fsp3) is 0.296. The number of amides is 1. The minimum atomic E-state index is -0.173. The number of hydrogen-bond acceptors (Lipinski definition) is 4. The van der Waals surface area contributed by atoms with E-state index in [1.165, 1.54) is 12.0 Å². The van der Waals surface area contributed by atoms with Gasteiger partial charge in [-0.3, -0.25) is 4.79 Å². The van der Waals surface area contributed by atoms with Crippen molar-refractivity contribution in [1.29, 1.82) is 0 Å².